The predicted octanol–water partition coefficient (Wildman–Crippen LogP) is 5.39. The summed E-state index contributed by atoms with van der Waals surface area (Å²) in [5.74, 6) is 4.32. The molecule has 1 aromatic heterocycles. The second-order valence-corrected chi connectivity index (χ2v) is 8.74. The topological polar surface area (TPSA) is 67.6 Å². The van der Waals surface area contributed by atoms with Gasteiger partial charge in [0.15, 0.2) is 5.76 Å². The van der Waals surface area contributed by atoms with E-state index in [0.29, 0.717) is 29.3 Å². The number of rotatable bonds is 7. The molecule has 1 aliphatic rings. The van der Waals surface area contributed by atoms with Gasteiger partial charge in [-0.05, 0) is 50.0 Å². The Bertz CT molecular complexity index is 1110. The van der Waals surface area contributed by atoms with Gasteiger partial charge in [0.1, 0.15) is 11.4 Å². The quantitative estimate of drug-likeness (QED) is 0.466. The predicted molar refractivity (Wildman–Crippen MR) is 139 cm³/mol. The zero-order chi connectivity index (χ0) is 25.0. The van der Waals surface area contributed by atoms with Crippen LogP contribution in [-0.4, -0.2) is 42.7 Å². The summed E-state index contributed by atoms with van der Waals surface area (Å²) in [4.78, 5) is 14.9. The highest BCUT2D eigenvalue weighted by Crippen LogP contribution is 2.23. The molecule has 1 fully saturated rings. The number of aromatic nitrogens is 1. The van der Waals surface area contributed by atoms with Gasteiger partial charge in [0.05, 0.1) is 19.2 Å². The number of hydrogen-bond donors (Lipinski definition) is 1. The van der Waals surface area contributed by atoms with Crippen molar-refractivity contribution in [3.05, 3.63) is 71.5 Å². The van der Waals surface area contributed by atoms with Crippen molar-refractivity contribution in [2.24, 2.45) is 5.92 Å². The molecule has 0 atom stereocenters. The molecule has 2 aromatic carbocycles. The van der Waals surface area contributed by atoms with Crippen LogP contribution in [0.4, 0.5) is 0 Å². The lowest BCUT2D eigenvalue weighted by atomic mass is 9.96. The van der Waals surface area contributed by atoms with Crippen LogP contribution < -0.4 is 10.1 Å². The summed E-state index contributed by atoms with van der Waals surface area (Å²) < 4.78 is 10.8. The third kappa shape index (κ3) is 7.46. The normalized spacial score (nSPS) is 13.9. The molecule has 35 heavy (non-hydrogen) atoms. The fraction of sp³-hybridized carbons (Fsp3) is 0.379. The van der Waals surface area contributed by atoms with Crippen LogP contribution in [0.2, 0.25) is 0 Å². The van der Waals surface area contributed by atoms with Crippen LogP contribution in [0.5, 0.6) is 5.75 Å². The van der Waals surface area contributed by atoms with Crippen LogP contribution in [0.3, 0.4) is 0 Å². The Labute approximate surface area is 208 Å². The number of terminal acetylenes is 1. The van der Waals surface area contributed by atoms with Crippen molar-refractivity contribution in [3.8, 4) is 29.4 Å². The van der Waals surface area contributed by atoms with Gasteiger partial charge in [-0.1, -0.05) is 61.7 Å². The first-order chi connectivity index (χ1) is 17.1. The van der Waals surface area contributed by atoms with Crippen molar-refractivity contribution in [1.29, 1.82) is 0 Å². The standard InChI is InChI=1S/C26H27N3O3.C3H8/c1-3-20-9-10-22(15-25(20)31-2)26(30)27-17-19-11-13-29(14-12-19)18-23-16-24(28-32-23)21-7-5-4-6-8-21;1-3-2/h1,4-10,15-16,19H,11-14,17-18H2,2H3,(H,27,30);3H2,1-2H3. The maximum atomic E-state index is 12.5. The largest absolute Gasteiger partial charge is 0.495 e. The van der Waals surface area contributed by atoms with Crippen molar-refractivity contribution in [2.75, 3.05) is 26.7 Å². The van der Waals surface area contributed by atoms with Gasteiger partial charge < -0.3 is 14.6 Å². The van der Waals surface area contributed by atoms with Crippen LogP contribution in [0.25, 0.3) is 11.3 Å². The van der Waals surface area contributed by atoms with Crippen LogP contribution >= 0.6 is 0 Å². The zero-order valence-corrected chi connectivity index (χ0v) is 20.9. The summed E-state index contributed by atoms with van der Waals surface area (Å²) in [6.45, 7) is 7.59. The van der Waals surface area contributed by atoms with Gasteiger partial charge in [0.25, 0.3) is 5.91 Å². The minimum absolute atomic E-state index is 0.107. The third-order valence-electron chi connectivity index (χ3n) is 5.89. The summed E-state index contributed by atoms with van der Waals surface area (Å²) in [5, 5.41) is 7.25. The first-order valence-electron chi connectivity index (χ1n) is 12.2. The van der Waals surface area contributed by atoms with Crippen molar-refractivity contribution in [1.82, 2.24) is 15.4 Å². The molecule has 0 saturated carbocycles. The molecule has 6 nitrogen and oxygen atoms in total. The number of benzene rings is 2. The highest BCUT2D eigenvalue weighted by molar-refractivity contribution is 5.94. The number of amides is 1. The highest BCUT2D eigenvalue weighted by atomic mass is 16.5. The van der Waals surface area contributed by atoms with Gasteiger partial charge in [-0.3, -0.25) is 9.69 Å². The number of methoxy groups -OCH3 is 1. The summed E-state index contributed by atoms with van der Waals surface area (Å²) >= 11 is 0. The van der Waals surface area contributed by atoms with Crippen molar-refractivity contribution < 1.29 is 14.1 Å². The van der Waals surface area contributed by atoms with Gasteiger partial charge in [0, 0.05) is 23.7 Å². The average molecular weight is 474 g/mol. The second kappa shape index (κ2) is 13.4. The van der Waals surface area contributed by atoms with E-state index in [9.17, 15) is 4.79 Å². The number of carbonyl (C=O) groups excluding carboxylic acids is 1. The molecule has 184 valence electrons. The fourth-order valence-corrected chi connectivity index (χ4v) is 3.99. The minimum Gasteiger partial charge on any atom is -0.495 e. The molecule has 1 saturated heterocycles. The van der Waals surface area contributed by atoms with Gasteiger partial charge in [-0.15, -0.1) is 6.42 Å². The molecule has 0 unspecified atom stereocenters. The first kappa shape index (κ1) is 26.1. The van der Waals surface area contributed by atoms with E-state index in [4.69, 9.17) is 15.7 Å². The molecule has 3 aromatic rings. The summed E-state index contributed by atoms with van der Waals surface area (Å²) in [7, 11) is 1.55. The second-order valence-electron chi connectivity index (χ2n) is 8.74. The molecule has 1 aliphatic heterocycles. The number of carbonyl (C=O) groups is 1. The van der Waals surface area contributed by atoms with Crippen LogP contribution in [0.1, 0.15) is 54.8 Å². The maximum absolute atomic E-state index is 12.5. The lowest BCUT2D eigenvalue weighted by molar-refractivity contribution is 0.0933. The van der Waals surface area contributed by atoms with E-state index >= 15 is 0 Å². The van der Waals surface area contributed by atoms with E-state index in [2.05, 4.69) is 35.1 Å². The van der Waals surface area contributed by atoms with Gasteiger partial charge >= 0.3 is 0 Å². The number of piperidine rings is 1. The molecule has 6 heteroatoms. The SMILES string of the molecule is C#Cc1ccc(C(=O)NCC2CCN(Cc3cc(-c4ccccc4)no3)CC2)cc1OC.CCC. The summed E-state index contributed by atoms with van der Waals surface area (Å²) in [6, 6.07) is 17.2. The van der Waals surface area contributed by atoms with E-state index in [1.165, 1.54) is 6.42 Å². The van der Waals surface area contributed by atoms with E-state index in [-0.39, 0.29) is 5.91 Å². The molecule has 0 spiro atoms. The lowest BCUT2D eigenvalue weighted by Gasteiger charge is -2.31. The van der Waals surface area contributed by atoms with E-state index in [0.717, 1.165) is 49.5 Å². The van der Waals surface area contributed by atoms with Crippen molar-refractivity contribution >= 4 is 5.91 Å². The molecular formula is C29H35N3O3. The molecule has 2 heterocycles. The summed E-state index contributed by atoms with van der Waals surface area (Å²) in [5.41, 5.74) is 3.12. The molecule has 0 radical (unpaired) electrons. The van der Waals surface area contributed by atoms with Gasteiger partial charge in [-0.2, -0.15) is 0 Å². The van der Waals surface area contributed by atoms with Gasteiger partial charge in [-0.25, -0.2) is 0 Å². The smallest absolute Gasteiger partial charge is 0.251 e. The van der Waals surface area contributed by atoms with Crippen LogP contribution in [0, 0.1) is 18.3 Å². The number of nitrogens with zero attached hydrogens (tertiary/aromatic N) is 2. The summed E-state index contributed by atoms with van der Waals surface area (Å²) in [6.07, 6.45) is 8.76. The monoisotopic (exact) mass is 473 g/mol. The maximum Gasteiger partial charge on any atom is 0.251 e. The minimum atomic E-state index is -0.107. The molecular weight excluding hydrogens is 438 g/mol. The van der Waals surface area contributed by atoms with Crippen LogP contribution in [-0.2, 0) is 6.54 Å². The van der Waals surface area contributed by atoms with Crippen LogP contribution in [0.15, 0.2) is 59.1 Å². The lowest BCUT2D eigenvalue weighted by Crippen LogP contribution is -2.38. The third-order valence-corrected chi connectivity index (χ3v) is 5.89. The first-order valence-corrected chi connectivity index (χ1v) is 12.2. The van der Waals surface area contributed by atoms with E-state index < -0.39 is 0 Å². The Morgan fingerprint density at radius 2 is 1.89 bits per heavy atom. The molecule has 4 rings (SSSR count). The molecule has 1 amide bonds. The van der Waals surface area contributed by atoms with Gasteiger partial charge in [0.2, 0.25) is 0 Å². The molecule has 0 aliphatic carbocycles. The van der Waals surface area contributed by atoms with Crippen molar-refractivity contribution in [2.45, 2.75) is 39.7 Å². The number of ether oxygens (including phenoxy) is 1. The Morgan fingerprint density at radius 3 is 2.54 bits per heavy atom. The number of nitrogens with one attached hydrogen (secondary N) is 1. The number of likely N-dealkylation sites (tertiary alicyclic amines) is 1. The zero-order valence-electron chi connectivity index (χ0n) is 20.9. The van der Waals surface area contributed by atoms with E-state index in [1.54, 1.807) is 25.3 Å². The average Bonchev–Trinajstić information content (AvgIpc) is 3.37. The Hall–Kier alpha value is -3.56. The molecule has 0 bridgehead atoms. The van der Waals surface area contributed by atoms with E-state index in [1.807, 2.05) is 36.4 Å². The fourth-order valence-electron chi connectivity index (χ4n) is 3.99. The highest BCUT2D eigenvalue weighted by Gasteiger charge is 2.21. The number of hydrogen-bond acceptors (Lipinski definition) is 5. The Kier molecular flexibility index (Phi) is 9.94. The van der Waals surface area contributed by atoms with Crippen molar-refractivity contribution in [3.63, 3.8) is 0 Å². The Balaban J connectivity index is 0.00000108. The Morgan fingerprint density at radius 1 is 1.17 bits per heavy atom. The molecule has 1 N–H and O–H groups in total.